The van der Waals surface area contributed by atoms with Gasteiger partial charge >= 0.3 is 11.9 Å². The van der Waals surface area contributed by atoms with Crippen molar-refractivity contribution < 1.29 is 24.0 Å². The Kier molecular flexibility index (Phi) is 6.11. The number of nitro groups is 1. The van der Waals surface area contributed by atoms with Gasteiger partial charge in [0.2, 0.25) is 0 Å². The molecular formula is C18H20N2O6. The van der Waals surface area contributed by atoms with Crippen LogP contribution in [0.3, 0.4) is 0 Å². The first kappa shape index (κ1) is 19.2. The van der Waals surface area contributed by atoms with E-state index < -0.39 is 22.8 Å². The van der Waals surface area contributed by atoms with Gasteiger partial charge in [-0.05, 0) is 19.4 Å². The van der Waals surface area contributed by atoms with Gasteiger partial charge in [0.05, 0.1) is 22.8 Å². The first-order valence-corrected chi connectivity index (χ1v) is 8.06. The Labute approximate surface area is 150 Å². The Bertz CT molecular complexity index is 797. The Morgan fingerprint density at radius 3 is 2.65 bits per heavy atom. The molecule has 138 valence electrons. The molecule has 1 aliphatic rings. The molecule has 0 bridgehead atoms. The Balaban J connectivity index is 2.53. The second-order valence-corrected chi connectivity index (χ2v) is 5.70. The fourth-order valence-electron chi connectivity index (χ4n) is 2.71. The number of hydrogen-bond donors (Lipinski definition) is 1. The van der Waals surface area contributed by atoms with E-state index in [0.717, 1.165) is 5.70 Å². The molecule has 1 heterocycles. The lowest BCUT2D eigenvalue weighted by atomic mass is 9.86. The molecule has 0 fully saturated rings. The number of non-ortho nitro benzene ring substituents is 1. The van der Waals surface area contributed by atoms with Crippen LogP contribution in [0.2, 0.25) is 0 Å². The molecule has 0 saturated heterocycles. The number of carbonyl (C=O) groups excluding carboxylic acids is 2. The van der Waals surface area contributed by atoms with Crippen LogP contribution in [0.15, 0.2) is 47.3 Å². The van der Waals surface area contributed by atoms with Crippen LogP contribution in [0, 0.1) is 10.1 Å². The number of allylic oxidation sites excluding steroid dienone is 2. The summed E-state index contributed by atoms with van der Waals surface area (Å²) in [6, 6.07) is 6.07. The van der Waals surface area contributed by atoms with Gasteiger partial charge in [-0.3, -0.25) is 14.9 Å². The summed E-state index contributed by atoms with van der Waals surface area (Å²) in [5.74, 6) is -1.61. The highest BCUT2D eigenvalue weighted by atomic mass is 16.6. The molecule has 8 nitrogen and oxygen atoms in total. The molecule has 26 heavy (non-hydrogen) atoms. The minimum absolute atomic E-state index is 0.0724. The van der Waals surface area contributed by atoms with Crippen LogP contribution < -0.4 is 5.32 Å². The number of esters is 2. The van der Waals surface area contributed by atoms with Crippen molar-refractivity contribution in [1.29, 1.82) is 0 Å². The lowest BCUT2D eigenvalue weighted by Crippen LogP contribution is -2.29. The van der Waals surface area contributed by atoms with Crippen LogP contribution in [0.5, 0.6) is 0 Å². The summed E-state index contributed by atoms with van der Waals surface area (Å²) in [6.45, 7) is 4.80. The zero-order valence-electron chi connectivity index (χ0n) is 14.8. The number of carbonyl (C=O) groups is 2. The smallest absolute Gasteiger partial charge is 0.336 e. The average molecular weight is 360 g/mol. The van der Waals surface area contributed by atoms with Crippen molar-refractivity contribution in [2.24, 2.45) is 0 Å². The van der Waals surface area contributed by atoms with Crippen molar-refractivity contribution in [1.82, 2.24) is 5.32 Å². The lowest BCUT2D eigenvalue weighted by Gasteiger charge is -2.27. The molecule has 0 amide bonds. The molecule has 0 aliphatic carbocycles. The van der Waals surface area contributed by atoms with E-state index in [0.29, 0.717) is 11.3 Å². The topological polar surface area (TPSA) is 108 Å². The molecule has 1 N–H and O–H groups in total. The summed E-state index contributed by atoms with van der Waals surface area (Å²) >= 11 is 0. The molecule has 1 unspecified atom stereocenters. The van der Waals surface area contributed by atoms with E-state index >= 15 is 0 Å². The van der Waals surface area contributed by atoms with E-state index in [1.807, 2.05) is 0 Å². The zero-order chi connectivity index (χ0) is 19.3. The van der Waals surface area contributed by atoms with Crippen LogP contribution in [0.1, 0.15) is 32.3 Å². The highest BCUT2D eigenvalue weighted by Crippen LogP contribution is 2.34. The fraction of sp³-hybridized carbons (Fsp3) is 0.333. The van der Waals surface area contributed by atoms with Crippen molar-refractivity contribution in [3.05, 3.63) is 63.0 Å². The minimum Gasteiger partial charge on any atom is -0.463 e. The van der Waals surface area contributed by atoms with Crippen molar-refractivity contribution in [2.45, 2.75) is 26.7 Å². The van der Waals surface area contributed by atoms with Crippen LogP contribution >= 0.6 is 0 Å². The van der Waals surface area contributed by atoms with Gasteiger partial charge in [-0.1, -0.05) is 18.2 Å². The molecule has 0 spiro atoms. The summed E-state index contributed by atoms with van der Waals surface area (Å²) in [4.78, 5) is 34.3. The third-order valence-corrected chi connectivity index (χ3v) is 3.76. The number of ether oxygens (including phenoxy) is 2. The van der Waals surface area contributed by atoms with Gasteiger partial charge in [-0.2, -0.15) is 0 Å². The number of dihydropyridines is 1. The van der Waals surface area contributed by atoms with E-state index in [-0.39, 0.29) is 24.5 Å². The van der Waals surface area contributed by atoms with Gasteiger partial charge in [-0.15, -0.1) is 0 Å². The van der Waals surface area contributed by atoms with Crippen LogP contribution in [0.4, 0.5) is 5.69 Å². The molecule has 0 aromatic heterocycles. The van der Waals surface area contributed by atoms with Crippen LogP contribution in [-0.2, 0) is 19.1 Å². The van der Waals surface area contributed by atoms with E-state index in [1.165, 1.54) is 19.1 Å². The second-order valence-electron chi connectivity index (χ2n) is 5.70. The van der Waals surface area contributed by atoms with Crippen LogP contribution in [0.25, 0.3) is 0 Å². The van der Waals surface area contributed by atoms with E-state index in [2.05, 4.69) is 5.32 Å². The Hall–Kier alpha value is -3.16. The molecule has 1 atom stereocenters. The first-order valence-electron chi connectivity index (χ1n) is 8.06. The van der Waals surface area contributed by atoms with Crippen molar-refractivity contribution in [3.8, 4) is 0 Å². The lowest BCUT2D eigenvalue weighted by molar-refractivity contribution is -0.384. The van der Waals surface area contributed by atoms with Gasteiger partial charge in [0.15, 0.2) is 0 Å². The molecule has 1 aromatic carbocycles. The summed E-state index contributed by atoms with van der Waals surface area (Å²) in [6.07, 6.45) is 1.78. The molecule has 1 aliphatic heterocycles. The minimum atomic E-state index is -0.567. The molecule has 8 heteroatoms. The van der Waals surface area contributed by atoms with Crippen molar-refractivity contribution >= 4 is 17.6 Å². The number of hydrogen-bond acceptors (Lipinski definition) is 7. The van der Waals surface area contributed by atoms with Gasteiger partial charge in [0.25, 0.3) is 5.69 Å². The normalized spacial score (nSPS) is 16.4. The number of nitrogens with one attached hydrogen (secondary N) is 1. The van der Waals surface area contributed by atoms with Gasteiger partial charge in [-0.25, -0.2) is 4.79 Å². The number of nitro benzene ring substituents is 1. The molecule has 1 aromatic rings. The van der Waals surface area contributed by atoms with E-state index in [4.69, 9.17) is 9.47 Å². The second kappa shape index (κ2) is 8.28. The molecule has 0 saturated carbocycles. The van der Waals surface area contributed by atoms with E-state index in [1.54, 1.807) is 32.1 Å². The maximum atomic E-state index is 12.5. The summed E-state index contributed by atoms with van der Waals surface area (Å²) in [5.41, 5.74) is 1.89. The number of benzene rings is 1. The Morgan fingerprint density at radius 2 is 2.04 bits per heavy atom. The SMILES string of the molecule is CCOC(=O)C1=C(COC(C)=O)NC(C)=CC1c1cccc([N+](=O)[O-])c1. The summed E-state index contributed by atoms with van der Waals surface area (Å²) in [7, 11) is 0. The number of nitrogens with zero attached hydrogens (tertiary/aromatic N) is 1. The van der Waals surface area contributed by atoms with Crippen molar-refractivity contribution in [2.75, 3.05) is 13.2 Å². The van der Waals surface area contributed by atoms with Crippen molar-refractivity contribution in [3.63, 3.8) is 0 Å². The largest absolute Gasteiger partial charge is 0.463 e. The highest BCUT2D eigenvalue weighted by Gasteiger charge is 2.30. The third-order valence-electron chi connectivity index (χ3n) is 3.76. The molecular weight excluding hydrogens is 340 g/mol. The predicted octanol–water partition coefficient (Wildman–Crippen LogP) is 2.57. The maximum Gasteiger partial charge on any atom is 0.336 e. The highest BCUT2D eigenvalue weighted by molar-refractivity contribution is 5.92. The summed E-state index contributed by atoms with van der Waals surface area (Å²) in [5, 5.41) is 14.1. The molecule has 2 rings (SSSR count). The molecule has 0 radical (unpaired) electrons. The quantitative estimate of drug-likeness (QED) is 0.472. The first-order chi connectivity index (χ1) is 12.3. The monoisotopic (exact) mass is 360 g/mol. The van der Waals surface area contributed by atoms with Gasteiger partial charge < -0.3 is 14.8 Å². The standard InChI is InChI=1S/C18H20N2O6/c1-4-25-18(22)17-15(13-6-5-7-14(9-13)20(23)24)8-11(2)19-16(17)10-26-12(3)21/h5-9,15,19H,4,10H2,1-3H3. The predicted molar refractivity (Wildman–Crippen MR) is 93.0 cm³/mol. The summed E-state index contributed by atoms with van der Waals surface area (Å²) < 4.78 is 10.2. The van der Waals surface area contributed by atoms with Gasteiger partial charge in [0.1, 0.15) is 6.61 Å². The zero-order valence-corrected chi connectivity index (χ0v) is 14.8. The van der Waals surface area contributed by atoms with Crippen LogP contribution in [-0.4, -0.2) is 30.1 Å². The van der Waals surface area contributed by atoms with Gasteiger partial charge in [0, 0.05) is 30.7 Å². The Morgan fingerprint density at radius 1 is 1.31 bits per heavy atom. The number of rotatable bonds is 6. The van der Waals surface area contributed by atoms with E-state index in [9.17, 15) is 19.7 Å². The third kappa shape index (κ3) is 4.47. The average Bonchev–Trinajstić information content (AvgIpc) is 2.59. The maximum absolute atomic E-state index is 12.5. The fourth-order valence-corrected chi connectivity index (χ4v) is 2.71.